The summed E-state index contributed by atoms with van der Waals surface area (Å²) >= 11 is 5.47. The Balaban J connectivity index is 2.43. The van der Waals surface area contributed by atoms with E-state index >= 15 is 0 Å². The summed E-state index contributed by atoms with van der Waals surface area (Å²) < 4.78 is 31.8. The van der Waals surface area contributed by atoms with E-state index < -0.39 is 10.0 Å². The summed E-state index contributed by atoms with van der Waals surface area (Å²) in [5, 5.41) is 0. The van der Waals surface area contributed by atoms with Crippen LogP contribution in [0.25, 0.3) is 0 Å². The van der Waals surface area contributed by atoms with Gasteiger partial charge in [0.25, 0.3) is 0 Å². The van der Waals surface area contributed by atoms with Crippen molar-refractivity contribution in [2.45, 2.75) is 31.1 Å². The molecule has 0 aliphatic heterocycles. The Morgan fingerprint density at radius 1 is 1.20 bits per heavy atom. The molecule has 114 valence electrons. The van der Waals surface area contributed by atoms with E-state index in [2.05, 4.69) is 11.6 Å². The van der Waals surface area contributed by atoms with Gasteiger partial charge < -0.3 is 4.74 Å². The number of hydrogen-bond acceptors (Lipinski definition) is 3. The molecular formula is C14H22ClNO3S. The van der Waals surface area contributed by atoms with Gasteiger partial charge in [-0.25, -0.2) is 13.1 Å². The first-order valence-corrected chi connectivity index (χ1v) is 8.84. The first kappa shape index (κ1) is 17.4. The molecule has 0 bridgehead atoms. The molecule has 0 aliphatic rings. The van der Waals surface area contributed by atoms with Crippen LogP contribution in [0.5, 0.6) is 0 Å². The fourth-order valence-corrected chi connectivity index (χ4v) is 2.93. The van der Waals surface area contributed by atoms with Crippen molar-refractivity contribution >= 4 is 21.6 Å². The summed E-state index contributed by atoms with van der Waals surface area (Å²) in [6, 6.07) is 7.03. The molecule has 0 aromatic heterocycles. The standard InChI is InChI=1S/C14H22ClNO3S/c1-2-4-13-5-7-14(8-6-13)20(17,18)16-10-3-11-19-12-9-15/h5-8,16H,2-4,9-12H2,1H3. The quantitative estimate of drug-likeness (QED) is 0.532. The van der Waals surface area contributed by atoms with Crippen molar-refractivity contribution in [3.63, 3.8) is 0 Å². The molecule has 0 radical (unpaired) electrons. The summed E-state index contributed by atoms with van der Waals surface area (Å²) in [6.45, 7) is 3.46. The van der Waals surface area contributed by atoms with E-state index in [1.54, 1.807) is 12.1 Å². The van der Waals surface area contributed by atoms with Crippen molar-refractivity contribution in [3.05, 3.63) is 29.8 Å². The van der Waals surface area contributed by atoms with Crippen LogP contribution >= 0.6 is 11.6 Å². The van der Waals surface area contributed by atoms with E-state index in [9.17, 15) is 8.42 Å². The Kier molecular flexibility index (Phi) is 8.14. The van der Waals surface area contributed by atoms with Crippen LogP contribution in [0.2, 0.25) is 0 Å². The van der Waals surface area contributed by atoms with Crippen molar-refractivity contribution in [2.24, 2.45) is 0 Å². The predicted molar refractivity (Wildman–Crippen MR) is 81.8 cm³/mol. The van der Waals surface area contributed by atoms with Gasteiger partial charge in [-0.15, -0.1) is 11.6 Å². The van der Waals surface area contributed by atoms with Gasteiger partial charge >= 0.3 is 0 Å². The third kappa shape index (κ3) is 6.22. The second-order valence-electron chi connectivity index (χ2n) is 4.45. The van der Waals surface area contributed by atoms with E-state index in [4.69, 9.17) is 16.3 Å². The van der Waals surface area contributed by atoms with Crippen LogP contribution in [-0.2, 0) is 21.2 Å². The molecule has 0 heterocycles. The van der Waals surface area contributed by atoms with E-state index in [0.29, 0.717) is 37.0 Å². The molecule has 1 aromatic rings. The number of hydrogen-bond donors (Lipinski definition) is 1. The zero-order valence-corrected chi connectivity index (χ0v) is 13.3. The fraction of sp³-hybridized carbons (Fsp3) is 0.571. The minimum absolute atomic E-state index is 0.305. The number of ether oxygens (including phenoxy) is 1. The van der Waals surface area contributed by atoms with Crippen molar-refractivity contribution in [1.82, 2.24) is 4.72 Å². The van der Waals surface area contributed by atoms with E-state index in [1.807, 2.05) is 12.1 Å². The minimum Gasteiger partial charge on any atom is -0.380 e. The molecule has 1 aromatic carbocycles. The molecule has 0 aliphatic carbocycles. The second-order valence-corrected chi connectivity index (χ2v) is 6.59. The Morgan fingerprint density at radius 3 is 2.50 bits per heavy atom. The lowest BCUT2D eigenvalue weighted by Crippen LogP contribution is -2.25. The zero-order valence-electron chi connectivity index (χ0n) is 11.8. The molecule has 0 unspecified atom stereocenters. The predicted octanol–water partition coefficient (Wildman–Crippen LogP) is 2.56. The molecule has 0 amide bonds. The second kappa shape index (κ2) is 9.34. The number of sulfonamides is 1. The van der Waals surface area contributed by atoms with Crippen LogP contribution in [0.15, 0.2) is 29.2 Å². The fourth-order valence-electron chi connectivity index (χ4n) is 1.74. The van der Waals surface area contributed by atoms with Crippen LogP contribution in [0.1, 0.15) is 25.3 Å². The first-order valence-electron chi connectivity index (χ1n) is 6.82. The smallest absolute Gasteiger partial charge is 0.240 e. The lowest BCUT2D eigenvalue weighted by atomic mass is 10.1. The number of benzene rings is 1. The molecule has 6 heteroatoms. The average Bonchev–Trinajstić information content (AvgIpc) is 2.44. The molecular weight excluding hydrogens is 298 g/mol. The van der Waals surface area contributed by atoms with Gasteiger partial charge in [-0.1, -0.05) is 25.5 Å². The molecule has 0 saturated carbocycles. The van der Waals surface area contributed by atoms with E-state index in [1.165, 1.54) is 0 Å². The van der Waals surface area contributed by atoms with Crippen LogP contribution in [0.4, 0.5) is 0 Å². The van der Waals surface area contributed by atoms with E-state index in [0.717, 1.165) is 18.4 Å². The zero-order chi connectivity index (χ0) is 14.8. The van der Waals surface area contributed by atoms with Crippen molar-refractivity contribution < 1.29 is 13.2 Å². The lowest BCUT2D eigenvalue weighted by molar-refractivity contribution is 0.147. The Hall–Kier alpha value is -0.620. The minimum atomic E-state index is -3.42. The molecule has 4 nitrogen and oxygen atoms in total. The Labute approximate surface area is 126 Å². The first-order chi connectivity index (χ1) is 9.60. The third-order valence-corrected chi connectivity index (χ3v) is 4.38. The van der Waals surface area contributed by atoms with Crippen LogP contribution < -0.4 is 4.72 Å². The lowest BCUT2D eigenvalue weighted by Gasteiger charge is -2.07. The van der Waals surface area contributed by atoms with Gasteiger partial charge in [-0.05, 0) is 30.5 Å². The number of alkyl halides is 1. The largest absolute Gasteiger partial charge is 0.380 e. The number of rotatable bonds is 10. The summed E-state index contributed by atoms with van der Waals surface area (Å²) in [6.07, 6.45) is 2.64. The maximum absolute atomic E-state index is 12.0. The topological polar surface area (TPSA) is 55.4 Å². The van der Waals surface area contributed by atoms with Crippen LogP contribution in [-0.4, -0.2) is 34.1 Å². The highest BCUT2D eigenvalue weighted by molar-refractivity contribution is 7.89. The average molecular weight is 320 g/mol. The number of nitrogens with one attached hydrogen (secondary N) is 1. The van der Waals surface area contributed by atoms with Crippen LogP contribution in [0, 0.1) is 0 Å². The molecule has 1 N–H and O–H groups in total. The highest BCUT2D eigenvalue weighted by atomic mass is 35.5. The maximum atomic E-state index is 12.0. The molecule has 20 heavy (non-hydrogen) atoms. The maximum Gasteiger partial charge on any atom is 0.240 e. The Morgan fingerprint density at radius 2 is 1.90 bits per heavy atom. The van der Waals surface area contributed by atoms with Crippen LogP contribution in [0.3, 0.4) is 0 Å². The summed E-state index contributed by atoms with van der Waals surface area (Å²) in [4.78, 5) is 0.305. The van der Waals surface area contributed by atoms with Crippen molar-refractivity contribution in [3.8, 4) is 0 Å². The highest BCUT2D eigenvalue weighted by Crippen LogP contribution is 2.11. The molecule has 0 spiro atoms. The van der Waals surface area contributed by atoms with Gasteiger partial charge in [0.2, 0.25) is 10.0 Å². The van der Waals surface area contributed by atoms with Gasteiger partial charge in [-0.2, -0.15) is 0 Å². The molecule has 1 rings (SSSR count). The van der Waals surface area contributed by atoms with Gasteiger partial charge in [0.1, 0.15) is 0 Å². The van der Waals surface area contributed by atoms with Crippen molar-refractivity contribution in [1.29, 1.82) is 0 Å². The summed E-state index contributed by atoms with van der Waals surface area (Å²) in [5.74, 6) is 0.454. The van der Waals surface area contributed by atoms with Gasteiger partial charge in [0.15, 0.2) is 0 Å². The SMILES string of the molecule is CCCc1ccc(S(=O)(=O)NCCCOCCCl)cc1. The molecule has 0 fully saturated rings. The van der Waals surface area contributed by atoms with Gasteiger partial charge in [-0.3, -0.25) is 0 Å². The Bertz CT molecular complexity index is 474. The van der Waals surface area contributed by atoms with Gasteiger partial charge in [0, 0.05) is 19.0 Å². The summed E-state index contributed by atoms with van der Waals surface area (Å²) in [5.41, 5.74) is 1.15. The molecule has 0 atom stereocenters. The molecule has 0 saturated heterocycles. The normalized spacial score (nSPS) is 11.7. The van der Waals surface area contributed by atoms with Crippen molar-refractivity contribution in [2.75, 3.05) is 25.6 Å². The van der Waals surface area contributed by atoms with Gasteiger partial charge in [0.05, 0.1) is 11.5 Å². The monoisotopic (exact) mass is 319 g/mol. The number of aryl methyl sites for hydroxylation is 1. The number of halogens is 1. The highest BCUT2D eigenvalue weighted by Gasteiger charge is 2.12. The van der Waals surface area contributed by atoms with E-state index in [-0.39, 0.29) is 0 Å². The third-order valence-electron chi connectivity index (χ3n) is 2.75. The summed E-state index contributed by atoms with van der Waals surface area (Å²) in [7, 11) is -3.42.